The molecule has 0 atom stereocenters. The summed E-state index contributed by atoms with van der Waals surface area (Å²) < 4.78 is 6.93. The predicted octanol–water partition coefficient (Wildman–Crippen LogP) is 3.63. The van der Waals surface area contributed by atoms with Crippen LogP contribution in [-0.2, 0) is 11.8 Å². The molecular formula is C26H28ClN7O3. The van der Waals surface area contributed by atoms with Crippen LogP contribution >= 0.6 is 11.6 Å². The van der Waals surface area contributed by atoms with Crippen LogP contribution in [0.4, 0.5) is 5.82 Å². The van der Waals surface area contributed by atoms with Gasteiger partial charge < -0.3 is 14.5 Å². The van der Waals surface area contributed by atoms with E-state index in [0.29, 0.717) is 64.6 Å². The first-order chi connectivity index (χ1) is 17.7. The molecule has 1 aliphatic heterocycles. The number of esters is 1. The molecule has 1 amide bonds. The minimum atomic E-state index is -0.512. The third kappa shape index (κ3) is 4.35. The van der Waals surface area contributed by atoms with Gasteiger partial charge in [0.2, 0.25) is 0 Å². The van der Waals surface area contributed by atoms with E-state index in [4.69, 9.17) is 21.3 Å². The topological polar surface area (TPSA) is 106 Å². The number of aryl methyl sites for hydroxylation is 4. The van der Waals surface area contributed by atoms with Crippen molar-refractivity contribution < 1.29 is 14.3 Å². The number of pyridine rings is 1. The number of carbonyl (C=O) groups is 2. The minimum Gasteiger partial charge on any atom is -0.461 e. The van der Waals surface area contributed by atoms with E-state index in [0.717, 1.165) is 16.8 Å². The summed E-state index contributed by atoms with van der Waals surface area (Å²) >= 11 is 6.64. The molecule has 10 nitrogen and oxygen atoms in total. The van der Waals surface area contributed by atoms with Crippen LogP contribution in [0.15, 0.2) is 18.3 Å². The van der Waals surface area contributed by atoms with Crippen LogP contribution in [0.5, 0.6) is 0 Å². The summed E-state index contributed by atoms with van der Waals surface area (Å²) in [5.41, 5.74) is 5.42. The van der Waals surface area contributed by atoms with Gasteiger partial charge in [0.05, 0.1) is 39.3 Å². The average molecular weight is 522 g/mol. The fourth-order valence-electron chi connectivity index (χ4n) is 4.67. The lowest BCUT2D eigenvalue weighted by molar-refractivity contribution is 0.0519. The van der Waals surface area contributed by atoms with Gasteiger partial charge >= 0.3 is 5.97 Å². The molecule has 0 spiro atoms. The molecule has 1 saturated heterocycles. The second-order valence-electron chi connectivity index (χ2n) is 9.21. The van der Waals surface area contributed by atoms with E-state index in [9.17, 15) is 9.59 Å². The number of hydrogen-bond acceptors (Lipinski definition) is 8. The standard InChI is InChI=1S/C26H28ClN7O3/c1-6-37-26(36)22-24(30-19-12-15(3)14(2)11-18(19)29-22)33-7-9-34(10-8-33)25(35)17-13-28-23-20(21(17)27)16(4)31-32(23)5/h11-13H,6-10H2,1-5H3. The molecule has 3 aromatic heterocycles. The molecule has 1 aliphatic rings. The first-order valence-corrected chi connectivity index (χ1v) is 12.6. The van der Waals surface area contributed by atoms with Gasteiger partial charge in [0.1, 0.15) is 0 Å². The quantitative estimate of drug-likeness (QED) is 0.375. The maximum absolute atomic E-state index is 13.4. The van der Waals surface area contributed by atoms with E-state index in [2.05, 4.69) is 15.1 Å². The van der Waals surface area contributed by atoms with Crippen LogP contribution in [0.3, 0.4) is 0 Å². The molecule has 0 unspecified atom stereocenters. The van der Waals surface area contributed by atoms with Crippen LogP contribution in [0.2, 0.25) is 5.02 Å². The molecule has 0 saturated carbocycles. The average Bonchev–Trinajstić information content (AvgIpc) is 3.18. The number of fused-ring (bicyclic) bond motifs is 2. The van der Waals surface area contributed by atoms with E-state index in [1.165, 1.54) is 6.20 Å². The fraction of sp³-hybridized carbons (Fsp3) is 0.385. The van der Waals surface area contributed by atoms with Crippen molar-refractivity contribution in [1.82, 2.24) is 29.6 Å². The zero-order chi connectivity index (χ0) is 26.4. The van der Waals surface area contributed by atoms with Crippen molar-refractivity contribution in [3.63, 3.8) is 0 Å². The number of benzene rings is 1. The highest BCUT2D eigenvalue weighted by atomic mass is 35.5. The summed E-state index contributed by atoms with van der Waals surface area (Å²) in [6.45, 7) is 9.66. The normalized spacial score (nSPS) is 14.0. The van der Waals surface area contributed by atoms with Gasteiger partial charge in [0, 0.05) is 39.4 Å². The third-order valence-electron chi connectivity index (χ3n) is 6.79. The van der Waals surface area contributed by atoms with E-state index in [1.807, 2.05) is 37.8 Å². The van der Waals surface area contributed by atoms with Crippen molar-refractivity contribution in [2.45, 2.75) is 27.7 Å². The van der Waals surface area contributed by atoms with E-state index < -0.39 is 5.97 Å². The van der Waals surface area contributed by atoms with Crippen molar-refractivity contribution in [2.24, 2.45) is 7.05 Å². The third-order valence-corrected chi connectivity index (χ3v) is 7.18. The van der Waals surface area contributed by atoms with Gasteiger partial charge in [-0.05, 0) is 51.0 Å². The molecule has 4 aromatic rings. The monoisotopic (exact) mass is 521 g/mol. The number of anilines is 1. The number of nitrogens with zero attached hydrogens (tertiary/aromatic N) is 7. The van der Waals surface area contributed by atoms with Crippen molar-refractivity contribution in [2.75, 3.05) is 37.7 Å². The van der Waals surface area contributed by atoms with Crippen molar-refractivity contribution in [1.29, 1.82) is 0 Å². The highest BCUT2D eigenvalue weighted by molar-refractivity contribution is 6.38. The summed E-state index contributed by atoms with van der Waals surface area (Å²) in [6.07, 6.45) is 1.51. The smallest absolute Gasteiger partial charge is 0.360 e. The van der Waals surface area contributed by atoms with Crippen molar-refractivity contribution in [3.05, 3.63) is 51.4 Å². The van der Waals surface area contributed by atoms with Crippen LogP contribution in [-0.4, -0.2) is 74.3 Å². The Labute approximate surface area is 219 Å². The zero-order valence-corrected chi connectivity index (χ0v) is 22.3. The number of ether oxygens (including phenoxy) is 1. The molecule has 11 heteroatoms. The summed E-state index contributed by atoms with van der Waals surface area (Å²) in [7, 11) is 1.79. The molecule has 5 rings (SSSR count). The molecule has 1 aromatic carbocycles. The summed E-state index contributed by atoms with van der Waals surface area (Å²) in [5, 5.41) is 5.41. The second-order valence-corrected chi connectivity index (χ2v) is 9.59. The number of aromatic nitrogens is 5. The molecule has 0 bridgehead atoms. The van der Waals surface area contributed by atoms with E-state index in [1.54, 1.807) is 23.6 Å². The first-order valence-electron chi connectivity index (χ1n) is 12.2. The lowest BCUT2D eigenvalue weighted by atomic mass is 10.1. The Morgan fingerprint density at radius 1 is 1.03 bits per heavy atom. The fourth-order valence-corrected chi connectivity index (χ4v) is 5.02. The molecule has 192 valence electrons. The van der Waals surface area contributed by atoms with Gasteiger partial charge in [-0.15, -0.1) is 0 Å². The minimum absolute atomic E-state index is 0.183. The highest BCUT2D eigenvalue weighted by Crippen LogP contribution is 2.30. The molecule has 1 fully saturated rings. The zero-order valence-electron chi connectivity index (χ0n) is 21.5. The van der Waals surface area contributed by atoms with Crippen LogP contribution in [0.25, 0.3) is 22.1 Å². The van der Waals surface area contributed by atoms with E-state index in [-0.39, 0.29) is 18.2 Å². The Hall–Kier alpha value is -3.79. The molecule has 4 heterocycles. The van der Waals surface area contributed by atoms with Gasteiger partial charge in [-0.25, -0.2) is 19.7 Å². The number of rotatable bonds is 4. The van der Waals surface area contributed by atoms with Gasteiger partial charge in [-0.1, -0.05) is 11.6 Å². The number of carbonyl (C=O) groups excluding carboxylic acids is 2. The second kappa shape index (κ2) is 9.59. The maximum Gasteiger partial charge on any atom is 0.360 e. The van der Waals surface area contributed by atoms with Crippen LogP contribution in [0.1, 0.15) is 44.6 Å². The first kappa shape index (κ1) is 24.9. The van der Waals surface area contributed by atoms with Gasteiger partial charge in [-0.3, -0.25) is 9.48 Å². The van der Waals surface area contributed by atoms with Gasteiger partial charge in [0.25, 0.3) is 5.91 Å². The molecular weight excluding hydrogens is 494 g/mol. The number of amides is 1. The largest absolute Gasteiger partial charge is 0.461 e. The van der Waals surface area contributed by atoms with Gasteiger partial charge in [0.15, 0.2) is 17.2 Å². The Morgan fingerprint density at radius 2 is 1.68 bits per heavy atom. The Morgan fingerprint density at radius 3 is 2.32 bits per heavy atom. The predicted molar refractivity (Wildman–Crippen MR) is 141 cm³/mol. The number of hydrogen-bond donors (Lipinski definition) is 0. The molecule has 0 aliphatic carbocycles. The Balaban J connectivity index is 1.42. The van der Waals surface area contributed by atoms with E-state index >= 15 is 0 Å². The van der Waals surface area contributed by atoms with Crippen molar-refractivity contribution in [3.8, 4) is 0 Å². The highest BCUT2D eigenvalue weighted by Gasteiger charge is 2.29. The molecule has 0 radical (unpaired) electrons. The van der Waals surface area contributed by atoms with Crippen LogP contribution in [0, 0.1) is 20.8 Å². The summed E-state index contributed by atoms with van der Waals surface area (Å²) in [5.74, 6) is -0.237. The SMILES string of the molecule is CCOC(=O)c1nc2cc(C)c(C)cc2nc1N1CCN(C(=O)c2cnc3c(c(C)nn3C)c2Cl)CC1. The summed E-state index contributed by atoms with van der Waals surface area (Å²) in [6, 6.07) is 3.90. The maximum atomic E-state index is 13.4. The molecule has 0 N–H and O–H groups in total. The number of piperazine rings is 1. The number of halogens is 1. The lowest BCUT2D eigenvalue weighted by Gasteiger charge is -2.36. The van der Waals surface area contributed by atoms with Crippen LogP contribution < -0.4 is 4.90 Å². The Bertz CT molecular complexity index is 1560. The summed E-state index contributed by atoms with van der Waals surface area (Å²) in [4.78, 5) is 43.8. The van der Waals surface area contributed by atoms with Gasteiger partial charge in [-0.2, -0.15) is 5.10 Å². The Kier molecular flexibility index (Phi) is 6.45. The molecule has 37 heavy (non-hydrogen) atoms. The lowest BCUT2D eigenvalue weighted by Crippen LogP contribution is -2.49. The van der Waals surface area contributed by atoms with Crippen molar-refractivity contribution >= 4 is 51.4 Å².